The van der Waals surface area contributed by atoms with E-state index in [1.807, 2.05) is 22.9 Å². The Balaban J connectivity index is 1.42. The molecule has 1 aliphatic rings. The summed E-state index contributed by atoms with van der Waals surface area (Å²) in [7, 11) is 0. The summed E-state index contributed by atoms with van der Waals surface area (Å²) in [6.45, 7) is 1.00. The first kappa shape index (κ1) is 15.8. The van der Waals surface area contributed by atoms with Gasteiger partial charge in [0.15, 0.2) is 5.65 Å². The molecule has 7 heteroatoms. The van der Waals surface area contributed by atoms with E-state index < -0.39 is 0 Å². The summed E-state index contributed by atoms with van der Waals surface area (Å²) in [5.41, 5.74) is 0.716. The zero-order valence-electron chi connectivity index (χ0n) is 14.1. The van der Waals surface area contributed by atoms with Crippen LogP contribution in [0, 0.1) is 5.92 Å². The minimum absolute atomic E-state index is 0.124. The molecule has 1 fully saturated rings. The lowest BCUT2D eigenvalue weighted by molar-refractivity contribution is -0.116. The summed E-state index contributed by atoms with van der Waals surface area (Å²) in [6, 6.07) is 5.64. The maximum atomic E-state index is 12.4. The molecule has 0 aromatic carbocycles. The molecule has 3 heterocycles. The van der Waals surface area contributed by atoms with Crippen LogP contribution in [0.25, 0.3) is 11.0 Å². The molecule has 0 aliphatic heterocycles. The summed E-state index contributed by atoms with van der Waals surface area (Å²) in [5, 5.41) is 12.5. The number of amides is 1. The molecule has 0 bridgehead atoms. The zero-order valence-corrected chi connectivity index (χ0v) is 14.1. The number of carbonyl (C=O) groups excluding carboxylic acids is 1. The molecule has 25 heavy (non-hydrogen) atoms. The van der Waals surface area contributed by atoms with Crippen LogP contribution in [0.2, 0.25) is 0 Å². The third-order valence-electron chi connectivity index (χ3n) is 4.83. The second kappa shape index (κ2) is 7.04. The zero-order chi connectivity index (χ0) is 17.1. The van der Waals surface area contributed by atoms with Gasteiger partial charge < -0.3 is 5.32 Å². The Labute approximate surface area is 146 Å². The highest BCUT2D eigenvalue weighted by Gasteiger charge is 2.17. The average molecular weight is 338 g/mol. The molecular weight excluding hydrogens is 316 g/mol. The van der Waals surface area contributed by atoms with Gasteiger partial charge in [-0.05, 0) is 30.9 Å². The van der Waals surface area contributed by atoms with E-state index in [-0.39, 0.29) is 12.5 Å². The summed E-state index contributed by atoms with van der Waals surface area (Å²) < 4.78 is 3.53. The molecule has 0 atom stereocenters. The van der Waals surface area contributed by atoms with E-state index in [9.17, 15) is 4.79 Å². The van der Waals surface area contributed by atoms with Crippen molar-refractivity contribution in [2.75, 3.05) is 5.32 Å². The van der Waals surface area contributed by atoms with Crippen LogP contribution >= 0.6 is 0 Å². The van der Waals surface area contributed by atoms with Gasteiger partial charge in [-0.15, -0.1) is 0 Å². The summed E-state index contributed by atoms with van der Waals surface area (Å²) >= 11 is 0. The molecule has 3 aromatic heterocycles. The average Bonchev–Trinajstić information content (AvgIpc) is 3.23. The lowest BCUT2D eigenvalue weighted by Crippen LogP contribution is -2.23. The topological polar surface area (TPSA) is 77.6 Å². The fourth-order valence-electron chi connectivity index (χ4n) is 3.55. The summed E-state index contributed by atoms with van der Waals surface area (Å²) in [5.74, 6) is 1.28. The van der Waals surface area contributed by atoms with Gasteiger partial charge in [-0.25, -0.2) is 14.3 Å². The molecule has 1 amide bonds. The quantitative estimate of drug-likeness (QED) is 0.776. The molecule has 0 spiro atoms. The van der Waals surface area contributed by atoms with Crippen molar-refractivity contribution in [3.63, 3.8) is 0 Å². The third kappa shape index (κ3) is 3.55. The van der Waals surface area contributed by atoms with Crippen molar-refractivity contribution in [1.82, 2.24) is 24.5 Å². The minimum Gasteiger partial charge on any atom is -0.309 e. The van der Waals surface area contributed by atoms with Crippen LogP contribution in [0.15, 0.2) is 36.8 Å². The number of rotatable bonds is 5. The Morgan fingerprint density at radius 2 is 2.00 bits per heavy atom. The van der Waals surface area contributed by atoms with E-state index in [0.29, 0.717) is 11.6 Å². The number of nitrogens with zero attached hydrogens (tertiary/aromatic N) is 5. The number of nitrogens with one attached hydrogen (secondary N) is 1. The normalized spacial score (nSPS) is 15.5. The first-order chi connectivity index (χ1) is 12.3. The molecule has 4 rings (SSSR count). The van der Waals surface area contributed by atoms with Crippen LogP contribution < -0.4 is 5.32 Å². The van der Waals surface area contributed by atoms with E-state index in [4.69, 9.17) is 0 Å². The molecule has 1 N–H and O–H groups in total. The van der Waals surface area contributed by atoms with Crippen molar-refractivity contribution in [2.24, 2.45) is 5.92 Å². The van der Waals surface area contributed by atoms with Crippen LogP contribution in [-0.4, -0.2) is 30.5 Å². The molecule has 0 unspecified atom stereocenters. The smallest absolute Gasteiger partial charge is 0.247 e. The Morgan fingerprint density at radius 1 is 1.12 bits per heavy atom. The molecule has 1 aliphatic carbocycles. The van der Waals surface area contributed by atoms with Gasteiger partial charge in [0.1, 0.15) is 12.4 Å². The van der Waals surface area contributed by atoms with Gasteiger partial charge in [-0.3, -0.25) is 4.79 Å². The standard InChI is InChI=1S/C18H22N6O/c25-17(13-24-18-15(11-21-24)7-4-9-19-18)22-16-8-10-20-23(16)12-14-5-2-1-3-6-14/h4,7-11,14H,1-3,5-6,12-13H2,(H,22,25). The first-order valence-electron chi connectivity index (χ1n) is 8.88. The minimum atomic E-state index is -0.124. The van der Waals surface area contributed by atoms with Gasteiger partial charge in [-0.1, -0.05) is 19.3 Å². The first-order valence-corrected chi connectivity index (χ1v) is 8.88. The number of hydrogen-bond acceptors (Lipinski definition) is 4. The Kier molecular flexibility index (Phi) is 4.45. The molecule has 0 radical (unpaired) electrons. The molecule has 130 valence electrons. The Hall–Kier alpha value is -2.70. The van der Waals surface area contributed by atoms with Crippen molar-refractivity contribution in [3.05, 3.63) is 36.8 Å². The van der Waals surface area contributed by atoms with E-state index in [0.717, 1.165) is 17.7 Å². The molecule has 1 saturated carbocycles. The van der Waals surface area contributed by atoms with Crippen LogP contribution in [0.4, 0.5) is 5.82 Å². The Bertz CT molecular complexity index is 861. The summed E-state index contributed by atoms with van der Waals surface area (Å²) in [6.07, 6.45) is 11.6. The van der Waals surface area contributed by atoms with Crippen molar-refractivity contribution in [1.29, 1.82) is 0 Å². The lowest BCUT2D eigenvalue weighted by Gasteiger charge is -2.22. The van der Waals surface area contributed by atoms with Crippen molar-refractivity contribution >= 4 is 22.8 Å². The van der Waals surface area contributed by atoms with Gasteiger partial charge in [0.25, 0.3) is 0 Å². The predicted octanol–water partition coefficient (Wildman–Crippen LogP) is 2.85. The predicted molar refractivity (Wildman–Crippen MR) is 95.0 cm³/mol. The second-order valence-corrected chi connectivity index (χ2v) is 6.67. The van der Waals surface area contributed by atoms with Crippen LogP contribution in [0.1, 0.15) is 32.1 Å². The highest BCUT2D eigenvalue weighted by molar-refractivity contribution is 5.90. The highest BCUT2D eigenvalue weighted by atomic mass is 16.2. The number of carbonyl (C=O) groups is 1. The molecule has 0 saturated heterocycles. The number of aromatic nitrogens is 5. The van der Waals surface area contributed by atoms with Crippen LogP contribution in [0.3, 0.4) is 0 Å². The van der Waals surface area contributed by atoms with Crippen LogP contribution in [0.5, 0.6) is 0 Å². The molecular formula is C18H22N6O. The Morgan fingerprint density at radius 3 is 2.88 bits per heavy atom. The number of anilines is 1. The number of fused-ring (bicyclic) bond motifs is 1. The fraction of sp³-hybridized carbons (Fsp3) is 0.444. The number of hydrogen-bond donors (Lipinski definition) is 1. The lowest BCUT2D eigenvalue weighted by atomic mass is 9.89. The highest BCUT2D eigenvalue weighted by Crippen LogP contribution is 2.25. The fourth-order valence-corrected chi connectivity index (χ4v) is 3.55. The van der Waals surface area contributed by atoms with Gasteiger partial charge in [-0.2, -0.15) is 10.2 Å². The second-order valence-electron chi connectivity index (χ2n) is 6.67. The van der Waals surface area contributed by atoms with Crippen molar-refractivity contribution in [2.45, 2.75) is 45.2 Å². The maximum Gasteiger partial charge on any atom is 0.247 e. The SMILES string of the molecule is O=C(Cn1ncc2cccnc21)Nc1ccnn1CC1CCCCC1. The largest absolute Gasteiger partial charge is 0.309 e. The van der Waals surface area contributed by atoms with Crippen molar-refractivity contribution < 1.29 is 4.79 Å². The van der Waals surface area contributed by atoms with E-state index in [1.165, 1.54) is 32.1 Å². The van der Waals surface area contributed by atoms with Gasteiger partial charge in [0.2, 0.25) is 5.91 Å². The van der Waals surface area contributed by atoms with E-state index in [2.05, 4.69) is 20.5 Å². The van der Waals surface area contributed by atoms with Crippen LogP contribution in [-0.2, 0) is 17.9 Å². The van der Waals surface area contributed by atoms with E-state index in [1.54, 1.807) is 23.3 Å². The summed E-state index contributed by atoms with van der Waals surface area (Å²) in [4.78, 5) is 16.7. The van der Waals surface area contributed by atoms with Crippen molar-refractivity contribution in [3.8, 4) is 0 Å². The number of pyridine rings is 1. The van der Waals surface area contributed by atoms with Gasteiger partial charge in [0.05, 0.1) is 12.4 Å². The monoisotopic (exact) mass is 338 g/mol. The molecule has 3 aromatic rings. The maximum absolute atomic E-state index is 12.4. The van der Waals surface area contributed by atoms with E-state index >= 15 is 0 Å². The molecule has 7 nitrogen and oxygen atoms in total. The van der Waals surface area contributed by atoms with Gasteiger partial charge >= 0.3 is 0 Å². The third-order valence-corrected chi connectivity index (χ3v) is 4.83. The van der Waals surface area contributed by atoms with Gasteiger partial charge in [0, 0.05) is 24.2 Å².